The van der Waals surface area contributed by atoms with Crippen LogP contribution >= 0.6 is 11.3 Å². The summed E-state index contributed by atoms with van der Waals surface area (Å²) in [6.07, 6.45) is 3.35. The number of amides is 1. The Bertz CT molecular complexity index is 1370. The van der Waals surface area contributed by atoms with Crippen molar-refractivity contribution in [3.05, 3.63) is 88.9 Å². The highest BCUT2D eigenvalue weighted by atomic mass is 32.1. The summed E-state index contributed by atoms with van der Waals surface area (Å²) in [6, 6.07) is 21.0. The topological polar surface area (TPSA) is 99.6 Å². The van der Waals surface area contributed by atoms with Crippen LogP contribution < -0.4 is 10.6 Å². The second kappa shape index (κ2) is 12.6. The van der Waals surface area contributed by atoms with Crippen molar-refractivity contribution < 1.29 is 14.6 Å². The molecule has 0 atom stereocenters. The van der Waals surface area contributed by atoms with Crippen molar-refractivity contribution in [2.75, 3.05) is 44.7 Å². The van der Waals surface area contributed by atoms with E-state index in [1.54, 1.807) is 24.4 Å². The Kier molecular flexibility index (Phi) is 8.60. The maximum Gasteiger partial charge on any atom is 0.261 e. The van der Waals surface area contributed by atoms with Crippen molar-refractivity contribution in [3.63, 3.8) is 0 Å². The first-order valence-corrected chi connectivity index (χ1v) is 13.6. The fourth-order valence-electron chi connectivity index (χ4n) is 4.32. The van der Waals surface area contributed by atoms with Gasteiger partial charge in [0.2, 0.25) is 5.95 Å². The number of hydrogen-bond acceptors (Lipinski definition) is 8. The molecule has 2 aromatic heterocycles. The minimum atomic E-state index is -0.122. The van der Waals surface area contributed by atoms with Crippen molar-refractivity contribution in [3.8, 4) is 16.3 Å². The second-order valence-electron chi connectivity index (χ2n) is 9.13. The van der Waals surface area contributed by atoms with Crippen LogP contribution in [0.5, 0.6) is 5.75 Å². The molecule has 1 saturated heterocycles. The molecule has 1 aliphatic rings. The van der Waals surface area contributed by atoms with Gasteiger partial charge in [-0.3, -0.25) is 9.69 Å². The minimum Gasteiger partial charge on any atom is -0.508 e. The number of phenols is 1. The van der Waals surface area contributed by atoms with E-state index in [4.69, 9.17) is 4.74 Å². The van der Waals surface area contributed by atoms with E-state index in [2.05, 4.69) is 37.6 Å². The average Bonchev–Trinajstić information content (AvgIpc) is 3.44. The van der Waals surface area contributed by atoms with Crippen LogP contribution in [-0.4, -0.2) is 65.3 Å². The molecule has 4 aromatic rings. The lowest BCUT2D eigenvalue weighted by Gasteiger charge is -2.26. The van der Waals surface area contributed by atoms with Gasteiger partial charge in [0.25, 0.3) is 5.91 Å². The third kappa shape index (κ3) is 7.16. The maximum atomic E-state index is 12.6. The van der Waals surface area contributed by atoms with Gasteiger partial charge in [-0.05, 0) is 66.4 Å². The predicted molar refractivity (Wildman–Crippen MR) is 150 cm³/mol. The number of nitrogens with zero attached hydrogens (tertiary/aromatic N) is 3. The average molecular weight is 530 g/mol. The molecule has 3 heterocycles. The fourth-order valence-corrected chi connectivity index (χ4v) is 5.21. The molecular weight excluding hydrogens is 498 g/mol. The van der Waals surface area contributed by atoms with Crippen molar-refractivity contribution in [2.24, 2.45) is 0 Å². The summed E-state index contributed by atoms with van der Waals surface area (Å²) in [5.41, 5.74) is 3.94. The number of nitrogens with one attached hydrogen (secondary N) is 2. The zero-order valence-corrected chi connectivity index (χ0v) is 21.9. The Morgan fingerprint density at radius 1 is 1.00 bits per heavy atom. The van der Waals surface area contributed by atoms with Crippen LogP contribution in [0.25, 0.3) is 10.6 Å². The molecule has 0 aliphatic carbocycles. The molecule has 8 nitrogen and oxygen atoms in total. The van der Waals surface area contributed by atoms with Crippen molar-refractivity contribution in [2.45, 2.75) is 12.8 Å². The van der Waals surface area contributed by atoms with Gasteiger partial charge < -0.3 is 20.5 Å². The number of morpholine rings is 1. The predicted octanol–water partition coefficient (Wildman–Crippen LogP) is 4.50. The van der Waals surface area contributed by atoms with Crippen molar-refractivity contribution in [1.29, 1.82) is 0 Å². The van der Waals surface area contributed by atoms with Gasteiger partial charge >= 0.3 is 0 Å². The number of anilines is 2. The monoisotopic (exact) mass is 529 g/mol. The number of phenolic OH excluding ortho intramolecular Hbond substituents is 1. The number of aromatic hydroxyl groups is 1. The Hall–Kier alpha value is -3.79. The summed E-state index contributed by atoms with van der Waals surface area (Å²) < 4.78 is 5.43. The number of rotatable bonds is 10. The van der Waals surface area contributed by atoms with Crippen LogP contribution in [0.15, 0.2) is 72.9 Å². The molecular formula is C29H31N5O3S. The summed E-state index contributed by atoms with van der Waals surface area (Å²) in [7, 11) is 0. The smallest absolute Gasteiger partial charge is 0.261 e. The van der Waals surface area contributed by atoms with Crippen LogP contribution in [0.2, 0.25) is 0 Å². The van der Waals surface area contributed by atoms with Gasteiger partial charge in [-0.2, -0.15) is 0 Å². The molecule has 38 heavy (non-hydrogen) atoms. The van der Waals surface area contributed by atoms with Gasteiger partial charge in [0.05, 0.1) is 28.7 Å². The van der Waals surface area contributed by atoms with Crippen LogP contribution in [0, 0.1) is 0 Å². The number of thiophene rings is 1. The first-order valence-electron chi connectivity index (χ1n) is 12.8. The van der Waals surface area contributed by atoms with E-state index in [1.165, 1.54) is 16.9 Å². The first-order chi connectivity index (χ1) is 18.6. The van der Waals surface area contributed by atoms with Crippen molar-refractivity contribution >= 4 is 28.9 Å². The van der Waals surface area contributed by atoms with E-state index < -0.39 is 0 Å². The number of carbonyl (C=O) groups is 1. The standard InChI is InChI=1S/C29H31N5O3S/c35-24-6-2-4-21(20-24)9-12-30-28(36)27-8-7-26(38-27)25-10-13-31-29(33-25)32-23-5-1-3-22(19-23)11-14-34-15-17-37-18-16-34/h1-8,10,13,19-20,35H,9,11-12,14-18H2,(H,30,36)(H,31,32,33). The van der Waals surface area contributed by atoms with Gasteiger partial charge in [-0.1, -0.05) is 24.3 Å². The fraction of sp³-hybridized carbons (Fsp3) is 0.276. The van der Waals surface area contributed by atoms with Gasteiger partial charge in [0.15, 0.2) is 0 Å². The Morgan fingerprint density at radius 3 is 2.66 bits per heavy atom. The number of carbonyl (C=O) groups excluding carboxylic acids is 1. The lowest BCUT2D eigenvalue weighted by atomic mass is 10.1. The van der Waals surface area contributed by atoms with Crippen LogP contribution in [-0.2, 0) is 17.6 Å². The number of ether oxygens (including phenoxy) is 1. The van der Waals surface area contributed by atoms with Gasteiger partial charge in [0.1, 0.15) is 5.75 Å². The van der Waals surface area contributed by atoms with E-state index in [-0.39, 0.29) is 11.7 Å². The summed E-state index contributed by atoms with van der Waals surface area (Å²) in [5.74, 6) is 0.618. The Morgan fingerprint density at radius 2 is 1.82 bits per heavy atom. The maximum absolute atomic E-state index is 12.6. The molecule has 3 N–H and O–H groups in total. The largest absolute Gasteiger partial charge is 0.508 e. The molecule has 5 rings (SSSR count). The van der Waals surface area contributed by atoms with Crippen LogP contribution in [0.4, 0.5) is 11.6 Å². The van der Waals surface area contributed by atoms with Crippen LogP contribution in [0.3, 0.4) is 0 Å². The summed E-state index contributed by atoms with van der Waals surface area (Å²) >= 11 is 1.40. The summed E-state index contributed by atoms with van der Waals surface area (Å²) in [5, 5.41) is 15.9. The zero-order valence-electron chi connectivity index (χ0n) is 21.1. The number of benzene rings is 2. The second-order valence-corrected chi connectivity index (χ2v) is 10.2. The minimum absolute atomic E-state index is 0.122. The highest BCUT2D eigenvalue weighted by molar-refractivity contribution is 7.17. The summed E-state index contributed by atoms with van der Waals surface area (Å²) in [6.45, 7) is 5.11. The third-order valence-electron chi connectivity index (χ3n) is 6.35. The Labute approximate surface area is 226 Å². The van der Waals surface area contributed by atoms with Gasteiger partial charge in [0, 0.05) is 38.1 Å². The highest BCUT2D eigenvalue weighted by Crippen LogP contribution is 2.27. The molecule has 196 valence electrons. The molecule has 2 aromatic carbocycles. The molecule has 1 fully saturated rings. The van der Waals surface area contributed by atoms with E-state index in [1.807, 2.05) is 36.4 Å². The SMILES string of the molecule is O=C(NCCc1cccc(O)c1)c1ccc(-c2ccnc(Nc3cccc(CCN4CCOCC4)c3)n2)s1. The lowest BCUT2D eigenvalue weighted by molar-refractivity contribution is 0.0384. The molecule has 1 amide bonds. The third-order valence-corrected chi connectivity index (χ3v) is 7.46. The molecule has 0 spiro atoms. The molecule has 0 saturated carbocycles. The molecule has 0 unspecified atom stereocenters. The quantitative estimate of drug-likeness (QED) is 0.278. The molecule has 0 radical (unpaired) electrons. The van der Waals surface area contributed by atoms with E-state index in [0.717, 1.165) is 61.1 Å². The number of aromatic nitrogens is 2. The number of hydrogen-bond donors (Lipinski definition) is 3. The van der Waals surface area contributed by atoms with E-state index in [9.17, 15) is 9.90 Å². The van der Waals surface area contributed by atoms with E-state index in [0.29, 0.717) is 23.8 Å². The Balaban J connectivity index is 1.17. The lowest BCUT2D eigenvalue weighted by Crippen LogP contribution is -2.37. The molecule has 9 heteroatoms. The summed E-state index contributed by atoms with van der Waals surface area (Å²) in [4.78, 5) is 25.7. The van der Waals surface area contributed by atoms with Crippen LogP contribution in [0.1, 0.15) is 20.8 Å². The normalized spacial score (nSPS) is 13.8. The highest BCUT2D eigenvalue weighted by Gasteiger charge is 2.13. The molecule has 1 aliphatic heterocycles. The first kappa shape index (κ1) is 25.8. The van der Waals surface area contributed by atoms with E-state index >= 15 is 0 Å². The molecule has 0 bridgehead atoms. The van der Waals surface area contributed by atoms with Crippen molar-refractivity contribution in [1.82, 2.24) is 20.2 Å². The van der Waals surface area contributed by atoms with Gasteiger partial charge in [-0.15, -0.1) is 11.3 Å². The zero-order chi connectivity index (χ0) is 26.2. The van der Waals surface area contributed by atoms with Gasteiger partial charge in [-0.25, -0.2) is 9.97 Å².